The fraction of sp³-hybridized carbons (Fsp3) is 0.667. The smallest absolute Gasteiger partial charge is 0.406 e. The van der Waals surface area contributed by atoms with Gasteiger partial charge in [-0.3, -0.25) is 0 Å². The van der Waals surface area contributed by atoms with E-state index in [1.54, 1.807) is 6.07 Å². The Labute approximate surface area is 115 Å². The summed E-state index contributed by atoms with van der Waals surface area (Å²) in [4.78, 5) is 10.5. The largest absolute Gasteiger partial charge is 1.00 e. The van der Waals surface area contributed by atoms with E-state index in [2.05, 4.69) is 21.1 Å². The monoisotopic (exact) mass is 227 g/mol. The van der Waals surface area contributed by atoms with Gasteiger partial charge in [0.05, 0.1) is 5.60 Å². The molecule has 1 N–H and O–H groups in total. The van der Waals surface area contributed by atoms with Crippen LogP contribution in [0.5, 0.6) is 0 Å². The van der Waals surface area contributed by atoms with Crippen LogP contribution in [-0.2, 0) is 0 Å². The molecule has 0 aromatic carbocycles. The molecule has 1 aromatic rings. The summed E-state index contributed by atoms with van der Waals surface area (Å²) in [7, 11) is 0. The van der Waals surface area contributed by atoms with Crippen LogP contribution in [0.3, 0.4) is 0 Å². The Morgan fingerprint density at radius 2 is 2.24 bits per heavy atom. The number of hydrogen-bond donors (Lipinski definition) is 1. The van der Waals surface area contributed by atoms with Crippen LogP contribution in [0.4, 0.5) is 5.82 Å². The van der Waals surface area contributed by atoms with E-state index in [4.69, 9.17) is 0 Å². The van der Waals surface area contributed by atoms with E-state index in [0.29, 0.717) is 6.54 Å². The first-order valence-electron chi connectivity index (χ1n) is 5.76. The van der Waals surface area contributed by atoms with Crippen LogP contribution in [0.1, 0.15) is 32.0 Å². The molecule has 88 valence electrons. The fourth-order valence-electron chi connectivity index (χ4n) is 2.14. The maximum absolute atomic E-state index is 10.2. The van der Waals surface area contributed by atoms with Crippen LogP contribution in [0.25, 0.3) is 0 Å². The SMILES string of the molecule is Cc1n[c-]cc(N2CCCCC(C)(O)C2)n1.[Li+]. The zero-order valence-electron chi connectivity index (χ0n) is 10.9. The minimum Gasteiger partial charge on any atom is -0.406 e. The summed E-state index contributed by atoms with van der Waals surface area (Å²) in [5.41, 5.74) is -0.616. The second-order valence-corrected chi connectivity index (χ2v) is 4.78. The van der Waals surface area contributed by atoms with E-state index < -0.39 is 5.60 Å². The van der Waals surface area contributed by atoms with Crippen molar-refractivity contribution in [1.29, 1.82) is 0 Å². The predicted octanol–water partition coefficient (Wildman–Crippen LogP) is -1.67. The van der Waals surface area contributed by atoms with Gasteiger partial charge in [0.25, 0.3) is 0 Å². The maximum Gasteiger partial charge on any atom is 1.00 e. The van der Waals surface area contributed by atoms with Crippen molar-refractivity contribution in [2.45, 2.75) is 38.7 Å². The minimum atomic E-state index is -0.616. The number of anilines is 1. The Morgan fingerprint density at radius 1 is 1.47 bits per heavy atom. The van der Waals surface area contributed by atoms with Gasteiger partial charge < -0.3 is 20.0 Å². The third-order valence-corrected chi connectivity index (χ3v) is 2.95. The van der Waals surface area contributed by atoms with Gasteiger partial charge in [0, 0.05) is 24.7 Å². The molecule has 0 radical (unpaired) electrons. The number of aromatic nitrogens is 2. The Hall–Kier alpha value is -0.563. The molecular weight excluding hydrogens is 209 g/mol. The first kappa shape index (κ1) is 14.5. The molecule has 2 rings (SSSR count). The molecule has 2 heterocycles. The van der Waals surface area contributed by atoms with Gasteiger partial charge in [-0.2, -0.15) is 0 Å². The molecule has 1 fully saturated rings. The van der Waals surface area contributed by atoms with Gasteiger partial charge in [0.1, 0.15) is 0 Å². The van der Waals surface area contributed by atoms with E-state index >= 15 is 0 Å². The molecule has 1 aliphatic heterocycles. The normalized spacial score (nSPS) is 25.0. The van der Waals surface area contributed by atoms with Crippen LogP contribution >= 0.6 is 0 Å². The zero-order valence-corrected chi connectivity index (χ0v) is 10.9. The summed E-state index contributed by atoms with van der Waals surface area (Å²) in [6, 6.07) is 1.79. The molecule has 1 atom stereocenters. The molecule has 1 aliphatic rings. The summed E-state index contributed by atoms with van der Waals surface area (Å²) < 4.78 is 0. The van der Waals surface area contributed by atoms with Crippen molar-refractivity contribution in [3.05, 3.63) is 18.1 Å². The molecule has 1 aromatic heterocycles. The Bertz CT molecular complexity index is 371. The molecule has 0 bridgehead atoms. The molecular formula is C12H18LiN3O. The van der Waals surface area contributed by atoms with Crippen molar-refractivity contribution >= 4 is 5.82 Å². The molecule has 17 heavy (non-hydrogen) atoms. The number of hydrogen-bond acceptors (Lipinski definition) is 4. The van der Waals surface area contributed by atoms with Gasteiger partial charge in [-0.15, -0.1) is 6.07 Å². The predicted molar refractivity (Wildman–Crippen MR) is 62.3 cm³/mol. The summed E-state index contributed by atoms with van der Waals surface area (Å²) in [6.45, 7) is 5.33. The number of nitrogens with zero attached hydrogens (tertiary/aromatic N) is 3. The number of rotatable bonds is 1. The number of aliphatic hydroxyl groups is 1. The second-order valence-electron chi connectivity index (χ2n) is 4.78. The van der Waals surface area contributed by atoms with Crippen molar-refractivity contribution in [1.82, 2.24) is 9.97 Å². The molecule has 0 spiro atoms. The van der Waals surface area contributed by atoms with E-state index in [1.165, 1.54) is 0 Å². The minimum absolute atomic E-state index is 0. The van der Waals surface area contributed by atoms with Crippen molar-refractivity contribution in [2.24, 2.45) is 0 Å². The summed E-state index contributed by atoms with van der Waals surface area (Å²) in [6.07, 6.45) is 5.86. The number of aryl methyl sites for hydroxylation is 1. The Morgan fingerprint density at radius 3 is 2.94 bits per heavy atom. The molecule has 0 aliphatic carbocycles. The Balaban J connectivity index is 0.00000144. The molecule has 0 saturated carbocycles. The van der Waals surface area contributed by atoms with E-state index in [1.807, 2.05) is 13.8 Å². The second kappa shape index (κ2) is 5.86. The molecule has 1 unspecified atom stereocenters. The first-order valence-corrected chi connectivity index (χ1v) is 5.76. The first-order chi connectivity index (χ1) is 7.57. The van der Waals surface area contributed by atoms with Crippen LogP contribution in [0, 0.1) is 13.1 Å². The van der Waals surface area contributed by atoms with Gasteiger partial charge in [-0.1, -0.05) is 13.1 Å². The fourth-order valence-corrected chi connectivity index (χ4v) is 2.14. The Kier molecular flexibility index (Phi) is 5.00. The van der Waals surface area contributed by atoms with Crippen LogP contribution in [0.2, 0.25) is 0 Å². The molecule has 4 nitrogen and oxygen atoms in total. The van der Waals surface area contributed by atoms with Gasteiger partial charge in [-0.05, 0) is 26.2 Å². The topological polar surface area (TPSA) is 49.2 Å². The van der Waals surface area contributed by atoms with Gasteiger partial charge >= 0.3 is 18.9 Å². The van der Waals surface area contributed by atoms with Crippen molar-refractivity contribution < 1.29 is 24.0 Å². The van der Waals surface area contributed by atoms with Gasteiger partial charge in [0.15, 0.2) is 0 Å². The van der Waals surface area contributed by atoms with Gasteiger partial charge in [-0.25, -0.2) is 0 Å². The van der Waals surface area contributed by atoms with Crippen LogP contribution in [0.15, 0.2) is 6.07 Å². The third-order valence-electron chi connectivity index (χ3n) is 2.95. The van der Waals surface area contributed by atoms with E-state index in [0.717, 1.165) is 37.4 Å². The van der Waals surface area contributed by atoms with Crippen LogP contribution in [-0.4, -0.2) is 33.8 Å². The summed E-state index contributed by atoms with van der Waals surface area (Å²) in [5.74, 6) is 1.59. The maximum atomic E-state index is 10.2. The van der Waals surface area contributed by atoms with Crippen LogP contribution < -0.4 is 23.8 Å². The van der Waals surface area contributed by atoms with Crippen molar-refractivity contribution in [3.63, 3.8) is 0 Å². The average Bonchev–Trinajstić information content (AvgIpc) is 2.39. The van der Waals surface area contributed by atoms with E-state index in [-0.39, 0.29) is 18.9 Å². The van der Waals surface area contributed by atoms with Crippen molar-refractivity contribution in [3.8, 4) is 0 Å². The number of β-amino-alcohol motifs (C(OH)–C–C–N with tert-alkyl or cyclic N) is 1. The third kappa shape index (κ3) is 3.99. The quantitative estimate of drug-likeness (QED) is 0.460. The van der Waals surface area contributed by atoms with Crippen molar-refractivity contribution in [2.75, 3.05) is 18.0 Å². The summed E-state index contributed by atoms with van der Waals surface area (Å²) >= 11 is 0. The van der Waals surface area contributed by atoms with E-state index in [9.17, 15) is 5.11 Å². The zero-order chi connectivity index (χ0) is 11.6. The molecule has 5 heteroatoms. The van der Waals surface area contributed by atoms with Gasteiger partial charge in [0.2, 0.25) is 0 Å². The molecule has 0 amide bonds. The molecule has 1 saturated heterocycles. The standard InChI is InChI=1S/C12H18N3O.Li/c1-10-13-7-5-11(14-10)15-8-4-3-6-12(2,16)9-15;/h5,16H,3-4,6,8-9H2,1-2H3;/q-1;+1. The summed E-state index contributed by atoms with van der Waals surface area (Å²) in [5, 5.41) is 10.2. The average molecular weight is 227 g/mol.